The summed E-state index contributed by atoms with van der Waals surface area (Å²) >= 11 is 0. The van der Waals surface area contributed by atoms with Crippen LogP contribution in [0.4, 0.5) is 10.5 Å². The Morgan fingerprint density at radius 3 is 2.13 bits per heavy atom. The highest BCUT2D eigenvalue weighted by Crippen LogP contribution is 2.46. The summed E-state index contributed by atoms with van der Waals surface area (Å²) in [5, 5.41) is 2.59. The lowest BCUT2D eigenvalue weighted by Gasteiger charge is -2.24. The number of hydrogen-bond acceptors (Lipinski definition) is 6. The van der Waals surface area contributed by atoms with E-state index >= 15 is 0 Å². The fraction of sp³-hybridized carbons (Fsp3) is 0.258. The summed E-state index contributed by atoms with van der Waals surface area (Å²) < 4.78 is 10.7. The molecule has 4 rings (SSSR count). The second-order valence-electron chi connectivity index (χ2n) is 9.75. The number of anilines is 1. The van der Waals surface area contributed by atoms with Gasteiger partial charge >= 0.3 is 12.1 Å². The molecule has 0 spiro atoms. The van der Waals surface area contributed by atoms with Gasteiger partial charge in [0.05, 0.1) is 0 Å². The van der Waals surface area contributed by atoms with Gasteiger partial charge in [-0.3, -0.25) is 4.79 Å². The Bertz CT molecular complexity index is 1320. The van der Waals surface area contributed by atoms with Gasteiger partial charge in [0.2, 0.25) is 0 Å². The van der Waals surface area contributed by atoms with Gasteiger partial charge in [0.15, 0.2) is 12.4 Å². The van der Waals surface area contributed by atoms with Crippen LogP contribution in [0.2, 0.25) is 0 Å². The van der Waals surface area contributed by atoms with Crippen LogP contribution in [0.1, 0.15) is 30.5 Å². The van der Waals surface area contributed by atoms with Crippen LogP contribution in [0.25, 0.3) is 0 Å². The number of nitrogens with one attached hydrogen (secondary N) is 1. The van der Waals surface area contributed by atoms with Gasteiger partial charge in [0, 0.05) is 36.3 Å². The number of para-hydroxylation sites is 1. The third-order valence-corrected chi connectivity index (χ3v) is 6.67. The third kappa shape index (κ3) is 6.29. The van der Waals surface area contributed by atoms with E-state index in [-0.39, 0.29) is 24.2 Å². The van der Waals surface area contributed by atoms with Crippen LogP contribution in [0.15, 0.2) is 96.7 Å². The van der Waals surface area contributed by atoms with Crippen molar-refractivity contribution in [3.63, 3.8) is 0 Å². The SMILES string of the molecule is CN1/C(=C/C(=O)COC(=O)[C@@H](Cc2ccccc2)NC(=O)OCc2ccccc2)C(C)(C)c2ccccc21. The number of carbonyl (C=O) groups is 3. The summed E-state index contributed by atoms with van der Waals surface area (Å²) in [5.74, 6) is -1.05. The molecule has 1 aliphatic heterocycles. The van der Waals surface area contributed by atoms with Gasteiger partial charge < -0.3 is 19.7 Å². The van der Waals surface area contributed by atoms with Crippen molar-refractivity contribution in [2.45, 2.75) is 38.3 Å². The minimum atomic E-state index is -1.02. The summed E-state index contributed by atoms with van der Waals surface area (Å²) in [6, 6.07) is 25.5. The first kappa shape index (κ1) is 26.7. The van der Waals surface area contributed by atoms with Gasteiger partial charge in [0.25, 0.3) is 0 Å². The number of nitrogens with zero attached hydrogens (tertiary/aromatic N) is 1. The van der Waals surface area contributed by atoms with E-state index in [4.69, 9.17) is 9.47 Å². The molecule has 1 heterocycles. The van der Waals surface area contributed by atoms with E-state index in [0.717, 1.165) is 28.1 Å². The van der Waals surface area contributed by atoms with Gasteiger partial charge in [-0.25, -0.2) is 9.59 Å². The van der Waals surface area contributed by atoms with Crippen LogP contribution in [0.5, 0.6) is 0 Å². The summed E-state index contributed by atoms with van der Waals surface area (Å²) in [7, 11) is 1.92. The molecule has 38 heavy (non-hydrogen) atoms. The molecule has 7 nitrogen and oxygen atoms in total. The molecule has 0 saturated heterocycles. The van der Waals surface area contributed by atoms with Crippen molar-refractivity contribution in [1.29, 1.82) is 0 Å². The quantitative estimate of drug-likeness (QED) is 0.323. The molecule has 0 bridgehead atoms. The first-order chi connectivity index (χ1) is 18.3. The molecule has 7 heteroatoms. The van der Waals surface area contributed by atoms with E-state index in [2.05, 4.69) is 19.2 Å². The summed E-state index contributed by atoms with van der Waals surface area (Å²) in [4.78, 5) is 40.3. The Morgan fingerprint density at radius 2 is 1.47 bits per heavy atom. The second-order valence-corrected chi connectivity index (χ2v) is 9.75. The number of carbonyl (C=O) groups excluding carboxylic acids is 3. The average molecular weight is 513 g/mol. The van der Waals surface area contributed by atoms with Crippen LogP contribution in [0, 0.1) is 0 Å². The molecule has 0 aliphatic carbocycles. The molecular weight excluding hydrogens is 480 g/mol. The molecule has 3 aromatic carbocycles. The highest BCUT2D eigenvalue weighted by Gasteiger charge is 2.38. The van der Waals surface area contributed by atoms with Gasteiger partial charge in [-0.2, -0.15) is 0 Å². The minimum Gasteiger partial charge on any atom is -0.456 e. The molecule has 0 aromatic heterocycles. The van der Waals surface area contributed by atoms with Crippen molar-refractivity contribution < 1.29 is 23.9 Å². The predicted octanol–water partition coefficient (Wildman–Crippen LogP) is 4.95. The van der Waals surface area contributed by atoms with Crippen molar-refractivity contribution in [2.24, 2.45) is 0 Å². The van der Waals surface area contributed by atoms with Crippen molar-refractivity contribution >= 4 is 23.5 Å². The molecule has 196 valence electrons. The highest BCUT2D eigenvalue weighted by molar-refractivity contribution is 5.95. The molecule has 0 fully saturated rings. The Kier molecular flexibility index (Phi) is 8.26. The van der Waals surface area contributed by atoms with Gasteiger partial charge in [-0.05, 0) is 22.8 Å². The maximum atomic E-state index is 13.0. The summed E-state index contributed by atoms with van der Waals surface area (Å²) in [6.45, 7) is 3.74. The molecule has 1 atom stereocenters. The zero-order valence-corrected chi connectivity index (χ0v) is 21.8. The molecule has 3 aromatic rings. The van der Waals surface area contributed by atoms with Gasteiger partial charge in [-0.1, -0.05) is 92.7 Å². The van der Waals surface area contributed by atoms with E-state index in [0.29, 0.717) is 0 Å². The van der Waals surface area contributed by atoms with Crippen molar-refractivity contribution in [2.75, 3.05) is 18.6 Å². The number of fused-ring (bicyclic) bond motifs is 1. The number of amides is 1. The first-order valence-corrected chi connectivity index (χ1v) is 12.5. The lowest BCUT2D eigenvalue weighted by Crippen LogP contribution is -2.44. The Hall–Kier alpha value is -4.39. The maximum absolute atomic E-state index is 13.0. The number of benzene rings is 3. The van der Waals surface area contributed by atoms with E-state index in [1.54, 1.807) is 0 Å². The third-order valence-electron chi connectivity index (χ3n) is 6.67. The number of rotatable bonds is 9. The van der Waals surface area contributed by atoms with Crippen LogP contribution in [-0.2, 0) is 37.5 Å². The molecule has 1 aliphatic rings. The smallest absolute Gasteiger partial charge is 0.408 e. The lowest BCUT2D eigenvalue weighted by molar-refractivity contribution is -0.149. The van der Waals surface area contributed by atoms with Crippen molar-refractivity contribution in [1.82, 2.24) is 5.32 Å². The topological polar surface area (TPSA) is 84.9 Å². The Balaban J connectivity index is 1.40. The van der Waals surface area contributed by atoms with E-state index in [1.807, 2.05) is 96.9 Å². The monoisotopic (exact) mass is 512 g/mol. The van der Waals surface area contributed by atoms with E-state index in [1.165, 1.54) is 6.08 Å². The molecule has 0 radical (unpaired) electrons. The predicted molar refractivity (Wildman–Crippen MR) is 146 cm³/mol. The van der Waals surface area contributed by atoms with Crippen LogP contribution >= 0.6 is 0 Å². The highest BCUT2D eigenvalue weighted by atomic mass is 16.6. The zero-order chi connectivity index (χ0) is 27.1. The van der Waals surface area contributed by atoms with Crippen LogP contribution in [0.3, 0.4) is 0 Å². The fourth-order valence-corrected chi connectivity index (χ4v) is 4.65. The first-order valence-electron chi connectivity index (χ1n) is 12.5. The lowest BCUT2D eigenvalue weighted by atomic mass is 9.83. The fourth-order valence-electron chi connectivity index (χ4n) is 4.65. The molecule has 0 saturated carbocycles. The molecule has 1 N–H and O–H groups in total. The second kappa shape index (κ2) is 11.8. The average Bonchev–Trinajstić information content (AvgIpc) is 3.12. The van der Waals surface area contributed by atoms with Gasteiger partial charge in [-0.15, -0.1) is 0 Å². The summed E-state index contributed by atoms with van der Waals surface area (Å²) in [6.07, 6.45) is 0.980. The Labute approximate surface area is 223 Å². The normalized spacial score (nSPS) is 15.4. The van der Waals surface area contributed by atoms with E-state index < -0.39 is 24.7 Å². The van der Waals surface area contributed by atoms with Crippen LogP contribution in [-0.4, -0.2) is 37.5 Å². The molecular formula is C31H32N2O5. The number of esters is 1. The van der Waals surface area contributed by atoms with Crippen molar-refractivity contribution in [3.05, 3.63) is 113 Å². The Morgan fingerprint density at radius 1 is 0.868 bits per heavy atom. The number of likely N-dealkylation sites (N-methyl/N-ethyl adjacent to an activating group) is 1. The van der Waals surface area contributed by atoms with Gasteiger partial charge in [0.1, 0.15) is 12.6 Å². The number of allylic oxidation sites excluding steroid dienone is 1. The number of alkyl carbamates (subject to hydrolysis) is 1. The minimum absolute atomic E-state index is 0.0670. The van der Waals surface area contributed by atoms with Crippen LogP contribution < -0.4 is 10.2 Å². The maximum Gasteiger partial charge on any atom is 0.408 e. The molecule has 0 unspecified atom stereocenters. The van der Waals surface area contributed by atoms with E-state index in [9.17, 15) is 14.4 Å². The number of ketones is 1. The number of ether oxygens (including phenoxy) is 2. The summed E-state index contributed by atoms with van der Waals surface area (Å²) in [5.41, 5.74) is 4.27. The zero-order valence-electron chi connectivity index (χ0n) is 21.8. The number of hydrogen-bond donors (Lipinski definition) is 1. The largest absolute Gasteiger partial charge is 0.456 e. The molecule has 1 amide bonds. The standard InChI is InChI=1S/C31H32N2O5/c1-31(2)25-16-10-11-17-27(25)33(3)28(31)19-24(34)21-37-29(35)26(18-22-12-6-4-7-13-22)32-30(36)38-20-23-14-8-5-9-15-23/h4-17,19,26H,18,20-21H2,1-3H3,(H,32,36)/b28-19+/t26-/m1/s1. The van der Waals surface area contributed by atoms with Crippen molar-refractivity contribution in [3.8, 4) is 0 Å².